The van der Waals surface area contributed by atoms with Gasteiger partial charge in [0, 0.05) is 0 Å². The van der Waals surface area contributed by atoms with E-state index in [-0.39, 0.29) is 25.1 Å². The molecule has 0 radical (unpaired) electrons. The van der Waals surface area contributed by atoms with E-state index in [2.05, 4.69) is 5.32 Å². The average molecular weight is 301 g/mol. The topological polar surface area (TPSA) is 55.4 Å². The Morgan fingerprint density at radius 1 is 1.00 bits per heavy atom. The van der Waals surface area contributed by atoms with E-state index in [4.69, 9.17) is 4.74 Å². The van der Waals surface area contributed by atoms with Crippen LogP contribution in [0.3, 0.4) is 0 Å². The Kier molecular flexibility index (Phi) is 5.65. The molecule has 0 saturated heterocycles. The van der Waals surface area contributed by atoms with Crippen molar-refractivity contribution in [1.82, 2.24) is 5.32 Å². The Morgan fingerprint density at radius 3 is 2.41 bits per heavy atom. The van der Waals surface area contributed by atoms with Crippen molar-refractivity contribution in [3.05, 3.63) is 71.5 Å². The molecular weight excluding hydrogens is 285 g/mol. The van der Waals surface area contributed by atoms with Gasteiger partial charge in [0.2, 0.25) is 5.91 Å². The van der Waals surface area contributed by atoms with Crippen molar-refractivity contribution in [2.45, 2.75) is 13.0 Å². The van der Waals surface area contributed by atoms with Gasteiger partial charge in [-0.1, -0.05) is 48.5 Å². The zero-order valence-corrected chi connectivity index (χ0v) is 11.9. The summed E-state index contributed by atoms with van der Waals surface area (Å²) in [6.07, 6.45) is -0.112. The molecule has 2 aromatic rings. The summed E-state index contributed by atoms with van der Waals surface area (Å²) in [4.78, 5) is 23.2. The van der Waals surface area contributed by atoms with Gasteiger partial charge in [0.05, 0.1) is 6.42 Å². The van der Waals surface area contributed by atoms with E-state index >= 15 is 0 Å². The molecule has 0 heterocycles. The van der Waals surface area contributed by atoms with Gasteiger partial charge in [-0.2, -0.15) is 0 Å². The summed E-state index contributed by atoms with van der Waals surface area (Å²) >= 11 is 0. The normalized spacial score (nSPS) is 10.0. The van der Waals surface area contributed by atoms with Crippen molar-refractivity contribution in [3.8, 4) is 0 Å². The van der Waals surface area contributed by atoms with Gasteiger partial charge >= 0.3 is 5.97 Å². The number of ether oxygens (including phenoxy) is 1. The maximum atomic E-state index is 13.4. The molecule has 2 rings (SSSR count). The van der Waals surface area contributed by atoms with Gasteiger partial charge in [0.25, 0.3) is 0 Å². The molecule has 5 heteroatoms. The van der Waals surface area contributed by atoms with E-state index < -0.39 is 17.7 Å². The van der Waals surface area contributed by atoms with E-state index in [1.807, 2.05) is 30.3 Å². The second kappa shape index (κ2) is 7.93. The molecule has 0 atom stereocenters. The Labute approximate surface area is 127 Å². The standard InChI is InChI=1S/C17H16FNO3/c18-15-9-5-4-8-14(15)10-16(20)19-11-17(21)22-12-13-6-2-1-3-7-13/h1-9H,10-12H2,(H,19,20). The number of hydrogen-bond donors (Lipinski definition) is 1. The zero-order chi connectivity index (χ0) is 15.8. The fourth-order valence-electron chi connectivity index (χ4n) is 1.84. The molecule has 0 fully saturated rings. The van der Waals surface area contributed by atoms with Crippen LogP contribution in [0.25, 0.3) is 0 Å². The molecule has 0 aliphatic rings. The highest BCUT2D eigenvalue weighted by Gasteiger charge is 2.10. The highest BCUT2D eigenvalue weighted by molar-refractivity contribution is 5.83. The van der Waals surface area contributed by atoms with Crippen LogP contribution in [0.15, 0.2) is 54.6 Å². The van der Waals surface area contributed by atoms with Gasteiger partial charge < -0.3 is 10.1 Å². The third kappa shape index (κ3) is 5.01. The van der Waals surface area contributed by atoms with Gasteiger partial charge in [-0.15, -0.1) is 0 Å². The third-order valence-electron chi connectivity index (χ3n) is 2.98. The maximum Gasteiger partial charge on any atom is 0.325 e. The zero-order valence-electron chi connectivity index (χ0n) is 11.9. The lowest BCUT2D eigenvalue weighted by molar-refractivity contribution is -0.145. The molecule has 0 aliphatic carbocycles. The number of esters is 1. The lowest BCUT2D eigenvalue weighted by atomic mass is 10.1. The first-order valence-corrected chi connectivity index (χ1v) is 6.85. The summed E-state index contributed by atoms with van der Waals surface area (Å²) in [5.74, 6) is -1.41. The number of benzene rings is 2. The summed E-state index contributed by atoms with van der Waals surface area (Å²) < 4.78 is 18.4. The van der Waals surface area contributed by atoms with Gasteiger partial charge in [-0.05, 0) is 17.2 Å². The lowest BCUT2D eigenvalue weighted by Gasteiger charge is -2.07. The monoisotopic (exact) mass is 301 g/mol. The van der Waals surface area contributed by atoms with Gasteiger partial charge in [0.1, 0.15) is 19.0 Å². The molecule has 4 nitrogen and oxygen atoms in total. The van der Waals surface area contributed by atoms with Crippen LogP contribution >= 0.6 is 0 Å². The van der Waals surface area contributed by atoms with Crippen molar-refractivity contribution >= 4 is 11.9 Å². The molecule has 0 unspecified atom stereocenters. The quantitative estimate of drug-likeness (QED) is 0.832. The minimum Gasteiger partial charge on any atom is -0.460 e. The molecule has 1 amide bonds. The van der Waals surface area contributed by atoms with E-state index in [9.17, 15) is 14.0 Å². The smallest absolute Gasteiger partial charge is 0.325 e. The molecule has 0 saturated carbocycles. The fourth-order valence-corrected chi connectivity index (χ4v) is 1.84. The third-order valence-corrected chi connectivity index (χ3v) is 2.98. The SMILES string of the molecule is O=C(Cc1ccccc1F)NCC(=O)OCc1ccccc1. The highest BCUT2D eigenvalue weighted by Crippen LogP contribution is 2.06. The van der Waals surface area contributed by atoms with Crippen LogP contribution in [0.1, 0.15) is 11.1 Å². The molecule has 2 aromatic carbocycles. The second-order valence-electron chi connectivity index (χ2n) is 4.69. The van der Waals surface area contributed by atoms with E-state index in [1.54, 1.807) is 12.1 Å². The number of rotatable bonds is 6. The highest BCUT2D eigenvalue weighted by atomic mass is 19.1. The molecule has 22 heavy (non-hydrogen) atoms. The molecule has 114 valence electrons. The lowest BCUT2D eigenvalue weighted by Crippen LogP contribution is -2.31. The van der Waals surface area contributed by atoms with Crippen molar-refractivity contribution in [3.63, 3.8) is 0 Å². The molecule has 0 bridgehead atoms. The fraction of sp³-hybridized carbons (Fsp3) is 0.176. The summed E-state index contributed by atoms with van der Waals surface area (Å²) in [5, 5.41) is 2.41. The summed E-state index contributed by atoms with van der Waals surface area (Å²) in [7, 11) is 0. The number of nitrogens with one attached hydrogen (secondary N) is 1. The van der Waals surface area contributed by atoms with Crippen LogP contribution in [0, 0.1) is 5.82 Å². The number of hydrogen-bond acceptors (Lipinski definition) is 3. The van der Waals surface area contributed by atoms with Crippen molar-refractivity contribution < 1.29 is 18.7 Å². The Balaban J connectivity index is 1.72. The Hall–Kier alpha value is -2.69. The van der Waals surface area contributed by atoms with Crippen LogP contribution in [0.2, 0.25) is 0 Å². The average Bonchev–Trinajstić information content (AvgIpc) is 2.54. The van der Waals surface area contributed by atoms with Crippen LogP contribution in [0.5, 0.6) is 0 Å². The van der Waals surface area contributed by atoms with E-state index in [1.165, 1.54) is 12.1 Å². The van der Waals surface area contributed by atoms with Crippen molar-refractivity contribution in [1.29, 1.82) is 0 Å². The number of halogens is 1. The largest absolute Gasteiger partial charge is 0.460 e. The number of carbonyl (C=O) groups is 2. The van der Waals surface area contributed by atoms with Crippen molar-refractivity contribution in [2.75, 3.05) is 6.54 Å². The maximum absolute atomic E-state index is 13.4. The van der Waals surface area contributed by atoms with Gasteiger partial charge in [-0.25, -0.2) is 4.39 Å². The van der Waals surface area contributed by atoms with Crippen LogP contribution in [-0.4, -0.2) is 18.4 Å². The first-order valence-electron chi connectivity index (χ1n) is 6.85. The van der Waals surface area contributed by atoms with Crippen LogP contribution < -0.4 is 5.32 Å². The summed E-state index contributed by atoms with van der Waals surface area (Å²) in [6, 6.07) is 15.3. The molecule has 0 aliphatic heterocycles. The first-order chi connectivity index (χ1) is 10.6. The Morgan fingerprint density at radius 2 is 1.68 bits per heavy atom. The molecule has 0 spiro atoms. The van der Waals surface area contributed by atoms with Crippen molar-refractivity contribution in [2.24, 2.45) is 0 Å². The molecule has 0 aromatic heterocycles. The number of carbonyl (C=O) groups excluding carboxylic acids is 2. The van der Waals surface area contributed by atoms with Gasteiger partial charge in [0.15, 0.2) is 0 Å². The van der Waals surface area contributed by atoms with Gasteiger partial charge in [-0.3, -0.25) is 9.59 Å². The molecular formula is C17H16FNO3. The van der Waals surface area contributed by atoms with E-state index in [0.717, 1.165) is 5.56 Å². The van der Waals surface area contributed by atoms with Crippen LogP contribution in [0.4, 0.5) is 4.39 Å². The molecule has 1 N–H and O–H groups in total. The summed E-state index contributed by atoms with van der Waals surface area (Å²) in [5.41, 5.74) is 1.16. The second-order valence-corrected chi connectivity index (χ2v) is 4.69. The van der Waals surface area contributed by atoms with Crippen LogP contribution in [-0.2, 0) is 27.4 Å². The Bertz CT molecular complexity index is 643. The van der Waals surface area contributed by atoms with E-state index in [0.29, 0.717) is 0 Å². The minimum atomic E-state index is -0.536. The number of amides is 1. The first kappa shape index (κ1) is 15.7. The minimum absolute atomic E-state index is 0.112. The predicted molar refractivity (Wildman–Crippen MR) is 79.4 cm³/mol. The summed E-state index contributed by atoms with van der Waals surface area (Å²) in [6.45, 7) is -0.0804. The predicted octanol–water partition coefficient (Wildman–Crippen LogP) is 2.23.